The minimum absolute atomic E-state index is 0.133. The summed E-state index contributed by atoms with van der Waals surface area (Å²) in [6, 6.07) is 10.2. The van der Waals surface area contributed by atoms with Crippen LogP contribution in [0.1, 0.15) is 11.1 Å². The van der Waals surface area contributed by atoms with Crippen LogP contribution >= 0.6 is 0 Å². The molecule has 136 valence electrons. The van der Waals surface area contributed by atoms with E-state index in [0.29, 0.717) is 24.2 Å². The van der Waals surface area contributed by atoms with E-state index in [2.05, 4.69) is 10.3 Å². The number of para-hydroxylation sites is 1. The van der Waals surface area contributed by atoms with Crippen molar-refractivity contribution in [3.8, 4) is 5.69 Å². The number of rotatable bonds is 4. The number of hydrogen-bond donors (Lipinski definition) is 2. The fraction of sp³-hybridized carbons (Fsp3) is 0.222. The molecule has 0 atom stereocenters. The lowest BCUT2D eigenvalue weighted by Crippen LogP contribution is -2.25. The van der Waals surface area contributed by atoms with Crippen LogP contribution in [-0.2, 0) is 6.18 Å². The van der Waals surface area contributed by atoms with Gasteiger partial charge in [0.1, 0.15) is 5.82 Å². The molecule has 3 rings (SSSR count). The average Bonchev–Trinajstić information content (AvgIpc) is 2.59. The topological polar surface area (TPSA) is 72.9 Å². The van der Waals surface area contributed by atoms with Gasteiger partial charge in [-0.25, -0.2) is 4.79 Å². The first-order chi connectivity index (χ1) is 12.3. The van der Waals surface area contributed by atoms with Crippen molar-refractivity contribution in [1.82, 2.24) is 9.55 Å². The van der Waals surface area contributed by atoms with Crippen LogP contribution in [0.5, 0.6) is 0 Å². The Kier molecular flexibility index (Phi) is 4.69. The van der Waals surface area contributed by atoms with Gasteiger partial charge < -0.3 is 11.1 Å². The third-order valence-electron chi connectivity index (χ3n) is 4.01. The second kappa shape index (κ2) is 6.80. The molecule has 3 aromatic rings. The third kappa shape index (κ3) is 3.28. The summed E-state index contributed by atoms with van der Waals surface area (Å²) in [6.45, 7) is 2.42. The van der Waals surface area contributed by atoms with E-state index in [1.165, 1.54) is 10.6 Å². The number of nitrogens with zero attached hydrogens (tertiary/aromatic N) is 2. The van der Waals surface area contributed by atoms with Gasteiger partial charge in [-0.1, -0.05) is 18.2 Å². The molecular weight excluding hydrogens is 345 g/mol. The molecule has 0 aliphatic heterocycles. The number of aryl methyl sites for hydroxylation is 1. The van der Waals surface area contributed by atoms with Crippen LogP contribution in [0.4, 0.5) is 19.0 Å². The Morgan fingerprint density at radius 1 is 1.19 bits per heavy atom. The van der Waals surface area contributed by atoms with Crippen LogP contribution in [0.15, 0.2) is 47.3 Å². The molecule has 8 heteroatoms. The predicted octanol–water partition coefficient (Wildman–Crippen LogP) is 3.08. The van der Waals surface area contributed by atoms with Gasteiger partial charge in [0.15, 0.2) is 0 Å². The Balaban J connectivity index is 2.38. The van der Waals surface area contributed by atoms with Gasteiger partial charge in [0.05, 0.1) is 16.8 Å². The normalized spacial score (nSPS) is 11.7. The molecule has 0 aliphatic carbocycles. The second-order valence-electron chi connectivity index (χ2n) is 5.81. The van der Waals surface area contributed by atoms with Gasteiger partial charge in [0.25, 0.3) is 0 Å². The van der Waals surface area contributed by atoms with Gasteiger partial charge in [0.2, 0.25) is 0 Å². The minimum Gasteiger partial charge on any atom is -0.368 e. The molecule has 0 saturated heterocycles. The monoisotopic (exact) mass is 362 g/mol. The Bertz CT molecular complexity index is 1010. The zero-order chi connectivity index (χ0) is 18.9. The fourth-order valence-electron chi connectivity index (χ4n) is 2.77. The van der Waals surface area contributed by atoms with E-state index >= 15 is 0 Å². The van der Waals surface area contributed by atoms with E-state index in [4.69, 9.17) is 5.73 Å². The van der Waals surface area contributed by atoms with Gasteiger partial charge in [-0.15, -0.1) is 0 Å². The SMILES string of the molecule is Cc1ccccc1-n1c(=O)nc(NCCN)c2ccc(C(F)(F)F)cc21. The number of benzene rings is 2. The maximum Gasteiger partial charge on any atom is 0.416 e. The molecule has 0 saturated carbocycles. The molecular formula is C18H17F3N4O. The summed E-state index contributed by atoms with van der Waals surface area (Å²) in [5.41, 5.74) is 5.33. The van der Waals surface area contributed by atoms with Crippen molar-refractivity contribution in [3.05, 3.63) is 64.1 Å². The number of halogens is 3. The molecule has 5 nitrogen and oxygen atoms in total. The number of fused-ring (bicyclic) bond motifs is 1. The first-order valence-electron chi connectivity index (χ1n) is 7.97. The Morgan fingerprint density at radius 3 is 2.58 bits per heavy atom. The minimum atomic E-state index is -4.52. The molecule has 0 unspecified atom stereocenters. The zero-order valence-corrected chi connectivity index (χ0v) is 14.0. The van der Waals surface area contributed by atoms with E-state index in [1.54, 1.807) is 31.2 Å². The first-order valence-corrected chi connectivity index (χ1v) is 7.97. The molecule has 0 radical (unpaired) electrons. The lowest BCUT2D eigenvalue weighted by molar-refractivity contribution is -0.137. The Morgan fingerprint density at radius 2 is 1.92 bits per heavy atom. The summed E-state index contributed by atoms with van der Waals surface area (Å²) in [6.07, 6.45) is -4.52. The van der Waals surface area contributed by atoms with Crippen LogP contribution < -0.4 is 16.7 Å². The molecule has 3 N–H and O–H groups in total. The van der Waals surface area contributed by atoms with Crippen molar-refractivity contribution in [2.75, 3.05) is 18.4 Å². The van der Waals surface area contributed by atoms with Crippen molar-refractivity contribution in [2.45, 2.75) is 13.1 Å². The average molecular weight is 362 g/mol. The third-order valence-corrected chi connectivity index (χ3v) is 4.01. The van der Waals surface area contributed by atoms with Crippen molar-refractivity contribution in [1.29, 1.82) is 0 Å². The highest BCUT2D eigenvalue weighted by Gasteiger charge is 2.31. The Hall–Kier alpha value is -2.87. The molecule has 0 amide bonds. The lowest BCUT2D eigenvalue weighted by atomic mass is 10.1. The fourth-order valence-corrected chi connectivity index (χ4v) is 2.77. The highest BCUT2D eigenvalue weighted by molar-refractivity contribution is 5.91. The number of aromatic nitrogens is 2. The van der Waals surface area contributed by atoms with Crippen LogP contribution in [0, 0.1) is 6.92 Å². The summed E-state index contributed by atoms with van der Waals surface area (Å²) in [7, 11) is 0. The molecule has 0 aliphatic rings. The van der Waals surface area contributed by atoms with Crippen LogP contribution in [-0.4, -0.2) is 22.6 Å². The number of anilines is 1. The van der Waals surface area contributed by atoms with E-state index in [0.717, 1.165) is 17.7 Å². The largest absolute Gasteiger partial charge is 0.416 e. The number of alkyl halides is 3. The highest BCUT2D eigenvalue weighted by atomic mass is 19.4. The molecule has 0 fully saturated rings. The van der Waals surface area contributed by atoms with Crippen molar-refractivity contribution in [3.63, 3.8) is 0 Å². The van der Waals surface area contributed by atoms with Gasteiger partial charge in [-0.2, -0.15) is 18.2 Å². The summed E-state index contributed by atoms with van der Waals surface area (Å²) in [5, 5.41) is 3.31. The highest BCUT2D eigenvalue weighted by Crippen LogP contribution is 2.33. The summed E-state index contributed by atoms with van der Waals surface area (Å²) in [5.74, 6) is 0.217. The van der Waals surface area contributed by atoms with Gasteiger partial charge in [-0.3, -0.25) is 4.57 Å². The molecule has 0 bridgehead atoms. The Labute approximate surface area is 147 Å². The molecule has 1 heterocycles. The molecule has 0 spiro atoms. The van der Waals surface area contributed by atoms with Crippen LogP contribution in [0.2, 0.25) is 0 Å². The van der Waals surface area contributed by atoms with Crippen molar-refractivity contribution < 1.29 is 13.2 Å². The van der Waals surface area contributed by atoms with Crippen molar-refractivity contribution >= 4 is 16.7 Å². The van der Waals surface area contributed by atoms with Gasteiger partial charge in [0, 0.05) is 18.5 Å². The van der Waals surface area contributed by atoms with Crippen LogP contribution in [0.25, 0.3) is 16.6 Å². The number of nitrogens with one attached hydrogen (secondary N) is 1. The van der Waals surface area contributed by atoms with E-state index in [-0.39, 0.29) is 11.3 Å². The smallest absolute Gasteiger partial charge is 0.368 e. The molecule has 26 heavy (non-hydrogen) atoms. The van der Waals surface area contributed by atoms with E-state index < -0.39 is 17.4 Å². The van der Waals surface area contributed by atoms with Crippen LogP contribution in [0.3, 0.4) is 0 Å². The van der Waals surface area contributed by atoms with Gasteiger partial charge in [-0.05, 0) is 36.8 Å². The zero-order valence-electron chi connectivity index (χ0n) is 14.0. The molecule has 2 aromatic carbocycles. The summed E-state index contributed by atoms with van der Waals surface area (Å²) in [4.78, 5) is 16.6. The first kappa shape index (κ1) is 17.9. The van der Waals surface area contributed by atoms with E-state index in [1.807, 2.05) is 0 Å². The standard InChI is InChI=1S/C18H17F3N4O/c1-11-4-2-3-5-14(11)25-15-10-12(18(19,20)21)6-7-13(15)16(23-9-8-22)24-17(25)26/h2-7,10H,8-9,22H2,1H3,(H,23,24,26). The molecule has 1 aromatic heterocycles. The maximum absolute atomic E-state index is 13.2. The quantitative estimate of drug-likeness (QED) is 0.748. The van der Waals surface area contributed by atoms with Crippen molar-refractivity contribution in [2.24, 2.45) is 5.73 Å². The maximum atomic E-state index is 13.2. The van der Waals surface area contributed by atoms with Gasteiger partial charge >= 0.3 is 11.9 Å². The predicted molar refractivity (Wildman–Crippen MR) is 94.6 cm³/mol. The number of hydrogen-bond acceptors (Lipinski definition) is 4. The summed E-state index contributed by atoms with van der Waals surface area (Å²) < 4.78 is 40.8. The lowest BCUT2D eigenvalue weighted by Gasteiger charge is -2.16. The number of nitrogens with two attached hydrogens (primary N) is 1. The van der Waals surface area contributed by atoms with E-state index in [9.17, 15) is 18.0 Å². The summed E-state index contributed by atoms with van der Waals surface area (Å²) >= 11 is 0. The second-order valence-corrected chi connectivity index (χ2v) is 5.81.